The smallest absolute Gasteiger partial charge is 0.337 e. The number of H-pyrrole nitrogens is 4. The number of alkyl halides is 12. The van der Waals surface area contributed by atoms with Gasteiger partial charge in [0.1, 0.15) is 23.3 Å². The van der Waals surface area contributed by atoms with Crippen molar-refractivity contribution in [3.05, 3.63) is 208 Å². The number of nitrogens with zero attached hydrogens (tertiary/aromatic N) is 8. The molecule has 0 unspecified atom stereocenters. The van der Waals surface area contributed by atoms with Gasteiger partial charge in [-0.2, -0.15) is 73.1 Å². The molecule has 4 aromatic heterocycles. The molecule has 3 aliphatic carbocycles. The first-order valence-electron chi connectivity index (χ1n) is 38.0. The van der Waals surface area contributed by atoms with E-state index in [1.54, 1.807) is 19.6 Å². The number of hydrogen-bond acceptors (Lipinski definition) is 9. The van der Waals surface area contributed by atoms with Gasteiger partial charge in [0.25, 0.3) is 23.6 Å². The molecular weight excluding hydrogens is 1500 g/mol. The number of aromatic nitrogens is 8. The highest BCUT2D eigenvalue weighted by Gasteiger charge is 2.43. The van der Waals surface area contributed by atoms with Gasteiger partial charge in [-0.25, -0.2) is 17.6 Å². The van der Waals surface area contributed by atoms with Crippen LogP contribution in [0.1, 0.15) is 245 Å². The molecule has 8 aromatic rings. The number of hydrogen-bond donors (Lipinski definition) is 5. The summed E-state index contributed by atoms with van der Waals surface area (Å²) in [7, 11) is 0. The Bertz CT molecular complexity index is 4410. The number of rotatable bonds is 8. The van der Waals surface area contributed by atoms with Crippen LogP contribution in [-0.4, -0.2) is 143 Å². The predicted octanol–water partition coefficient (Wildman–Crippen LogP) is 16.6. The first-order valence-corrected chi connectivity index (χ1v) is 38.0. The number of amides is 4. The minimum Gasteiger partial charge on any atom is -0.337 e. The lowest BCUT2D eigenvalue weighted by Gasteiger charge is -2.33. The van der Waals surface area contributed by atoms with Crippen LogP contribution in [0.15, 0.2) is 72.8 Å². The Hall–Kier alpha value is -9.56. The summed E-state index contributed by atoms with van der Waals surface area (Å²) in [5.74, 6) is -5.64. The van der Waals surface area contributed by atoms with Gasteiger partial charge in [0.2, 0.25) is 0 Å². The molecule has 9 heterocycles. The highest BCUT2D eigenvalue weighted by atomic mass is 19.4. The lowest BCUT2D eigenvalue weighted by Crippen LogP contribution is -2.39. The van der Waals surface area contributed by atoms with Gasteiger partial charge in [-0.1, -0.05) is 12.1 Å². The molecule has 0 saturated carbocycles. The van der Waals surface area contributed by atoms with Crippen LogP contribution in [-0.2, 0) is 76.2 Å². The molecule has 33 heteroatoms. The van der Waals surface area contributed by atoms with Crippen molar-refractivity contribution in [2.75, 3.05) is 58.9 Å². The highest BCUT2D eigenvalue weighted by molar-refractivity contribution is 5.96. The minimum absolute atomic E-state index is 0.131. The van der Waals surface area contributed by atoms with Crippen LogP contribution in [0.5, 0.6) is 0 Å². The number of benzene rings is 4. The van der Waals surface area contributed by atoms with Crippen LogP contribution in [0.25, 0.3) is 0 Å². The number of likely N-dealkylation sites (tertiary alicyclic amines) is 4. The number of aromatic amines is 4. The van der Waals surface area contributed by atoms with E-state index >= 15 is 0 Å². The lowest BCUT2D eigenvalue weighted by atomic mass is 9.85. The van der Waals surface area contributed by atoms with Crippen molar-refractivity contribution in [3.8, 4) is 0 Å². The molecule has 4 amide bonds. The highest BCUT2D eigenvalue weighted by Crippen LogP contribution is 2.44. The van der Waals surface area contributed by atoms with E-state index in [-0.39, 0.29) is 72.8 Å². The summed E-state index contributed by atoms with van der Waals surface area (Å²) >= 11 is 0. The Morgan fingerprint density at radius 1 is 0.348 bits per heavy atom. The first kappa shape index (κ1) is 80.5. The second kappa shape index (κ2) is 33.6. The summed E-state index contributed by atoms with van der Waals surface area (Å²) in [6.07, 6.45) is -3.06. The molecule has 0 spiro atoms. The van der Waals surface area contributed by atoms with Crippen LogP contribution in [0.3, 0.4) is 0 Å². The fourth-order valence-electron chi connectivity index (χ4n) is 17.0. The monoisotopic (exact) mass is 1580 g/mol. The number of piperidine rings is 4. The maximum absolute atomic E-state index is 14.2. The molecule has 5 N–H and O–H groups in total. The number of nitrogens with one attached hydrogen (secondary N) is 5. The predicted molar refractivity (Wildman–Crippen MR) is 377 cm³/mol. The quantitative estimate of drug-likeness (QED) is 0.0916. The van der Waals surface area contributed by atoms with E-state index in [0.29, 0.717) is 130 Å². The standard InChI is InChI=1S/3C20H21F4N3O.C19H20F4N4O/c2*21-15-6-3-5-14(20(22,23)24)17(15)12-8-10-27(11-9-12)19(28)18-13-4-1-2-7-16(13)25-26-18;21-15-10-13(9-14(11-15)20(22,23)24)12-5-7-27(8-6-12)19(28)18-16-3-1-2-4-17(16)25-26-18;20-14-8-12(7-13(9-14)19(21,22)23)11-2-5-27(6-3-11)18(28)17-15-1-4-24-10-16(15)25-26-17/h2*3,5-6,12H,1-2,4,7-11H2,(H,25,26);9-12H,1-8H2,(H,25,26);7-9,11,24H,1-6,10H2,(H,25,26). The van der Waals surface area contributed by atoms with Gasteiger partial charge in [0, 0.05) is 109 Å². The number of fused-ring (bicyclic) bond motifs is 4. The lowest BCUT2D eigenvalue weighted by molar-refractivity contribution is -0.139. The van der Waals surface area contributed by atoms with Crippen LogP contribution in [0, 0.1) is 23.3 Å². The van der Waals surface area contributed by atoms with E-state index in [0.717, 1.165) is 190 Å². The van der Waals surface area contributed by atoms with Crippen molar-refractivity contribution in [2.45, 2.75) is 190 Å². The van der Waals surface area contributed by atoms with Crippen LogP contribution < -0.4 is 5.32 Å². The van der Waals surface area contributed by atoms with E-state index in [9.17, 15) is 89.4 Å². The average Bonchev–Trinajstić information content (AvgIpc) is 1.79. The third-order valence-corrected chi connectivity index (χ3v) is 22.9. The SMILES string of the molecule is O=C(c1n[nH]c2c1CCCC2)N1CCC(c2c(F)cccc2C(F)(F)F)CC1.O=C(c1n[nH]c2c1CCCC2)N1CCC(c2c(F)cccc2C(F)(F)F)CC1.O=C(c1n[nH]c2c1CCCC2)N1CCC(c2cc(F)cc(C(F)(F)F)c2)CC1.O=C(c1n[nH]c2c1CCNC2)N1CCC(c2cc(F)cc(C(F)(F)F)c2)CC1. The molecule has 16 rings (SSSR count). The zero-order valence-electron chi connectivity index (χ0n) is 60.9. The third kappa shape index (κ3) is 18.1. The second-order valence-electron chi connectivity index (χ2n) is 29.9. The molecule has 8 aliphatic rings. The molecule has 600 valence electrons. The van der Waals surface area contributed by atoms with Crippen LogP contribution in [0.4, 0.5) is 70.2 Å². The van der Waals surface area contributed by atoms with Gasteiger partial charge in [0.05, 0.1) is 27.9 Å². The molecule has 4 saturated heterocycles. The zero-order chi connectivity index (χ0) is 79.6. The molecule has 0 radical (unpaired) electrons. The van der Waals surface area contributed by atoms with Gasteiger partial charge in [-0.3, -0.25) is 39.6 Å². The summed E-state index contributed by atoms with van der Waals surface area (Å²) in [6, 6.07) is 11.5. The van der Waals surface area contributed by atoms with E-state index in [1.807, 2.05) is 0 Å². The summed E-state index contributed by atoms with van der Waals surface area (Å²) in [4.78, 5) is 58.0. The van der Waals surface area contributed by atoms with Crippen molar-refractivity contribution >= 4 is 23.6 Å². The van der Waals surface area contributed by atoms with Gasteiger partial charge in [-0.15, -0.1) is 0 Å². The number of carbonyl (C=O) groups is 4. The molecule has 0 bridgehead atoms. The fourth-order valence-corrected chi connectivity index (χ4v) is 17.0. The van der Waals surface area contributed by atoms with E-state index in [2.05, 4.69) is 46.1 Å². The molecule has 17 nitrogen and oxygen atoms in total. The Labute approximate surface area is 633 Å². The summed E-state index contributed by atoms with van der Waals surface area (Å²) in [6.45, 7) is 4.24. The van der Waals surface area contributed by atoms with Crippen LogP contribution >= 0.6 is 0 Å². The number of aryl methyl sites for hydroxylation is 3. The maximum Gasteiger partial charge on any atom is 0.416 e. The summed E-state index contributed by atoms with van der Waals surface area (Å²) in [5, 5.41) is 31.7. The first-order chi connectivity index (χ1) is 53.4. The van der Waals surface area contributed by atoms with E-state index in [4.69, 9.17) is 0 Å². The topological polar surface area (TPSA) is 208 Å². The Balaban J connectivity index is 0.000000131. The molecule has 112 heavy (non-hydrogen) atoms. The zero-order valence-corrected chi connectivity index (χ0v) is 60.9. The Morgan fingerprint density at radius 2 is 0.643 bits per heavy atom. The van der Waals surface area contributed by atoms with Gasteiger partial charge < -0.3 is 24.9 Å². The van der Waals surface area contributed by atoms with Crippen LogP contribution in [0.2, 0.25) is 0 Å². The second-order valence-corrected chi connectivity index (χ2v) is 29.9. The van der Waals surface area contributed by atoms with Crippen molar-refractivity contribution < 1.29 is 89.4 Å². The number of carbonyl (C=O) groups excluding carboxylic acids is 4. The normalized spacial score (nSPS) is 18.2. The third-order valence-electron chi connectivity index (χ3n) is 22.9. The van der Waals surface area contributed by atoms with Gasteiger partial charge >= 0.3 is 24.7 Å². The number of halogens is 16. The van der Waals surface area contributed by atoms with Crippen molar-refractivity contribution in [1.29, 1.82) is 0 Å². The fraction of sp³-hybridized carbons (Fsp3) is 0.494. The largest absolute Gasteiger partial charge is 0.416 e. The molecular formula is C79H83F16N13O4. The van der Waals surface area contributed by atoms with Crippen molar-refractivity contribution in [1.82, 2.24) is 65.7 Å². The maximum atomic E-state index is 14.2. The summed E-state index contributed by atoms with van der Waals surface area (Å²) < 4.78 is 213. The minimum atomic E-state index is -4.60. The van der Waals surface area contributed by atoms with E-state index in [1.165, 1.54) is 6.07 Å². The van der Waals surface area contributed by atoms with Gasteiger partial charge in [-0.05, 0) is 237 Å². The molecule has 5 aliphatic heterocycles. The Morgan fingerprint density at radius 3 is 0.955 bits per heavy atom. The molecule has 4 fully saturated rings. The van der Waals surface area contributed by atoms with Gasteiger partial charge in [0.15, 0.2) is 22.8 Å². The van der Waals surface area contributed by atoms with Crippen molar-refractivity contribution in [3.63, 3.8) is 0 Å². The molecule has 4 aromatic carbocycles. The average molecular weight is 1580 g/mol. The van der Waals surface area contributed by atoms with E-state index < -0.39 is 82.1 Å². The Kier molecular flexibility index (Phi) is 24.2. The van der Waals surface area contributed by atoms with Crippen molar-refractivity contribution in [2.24, 2.45) is 0 Å². The molecule has 0 atom stereocenters. The summed E-state index contributed by atoms with van der Waals surface area (Å²) in [5.41, 5.74) is 5.92.